The standard InChI is InChI=1S/C30H38N2O7/c1-20(2)11-16-39-24-10-7-22(19-25(24)37-4)27-26(28(33)21-5-8-23(36-3)9-6-21)29(34)30(35)32(27)13-12-31-14-17-38-18-15-31/h5-10,19-20,27,33H,11-18H2,1-4H3. The van der Waals surface area contributed by atoms with Crippen LogP contribution in [0, 0.1) is 5.92 Å². The smallest absolute Gasteiger partial charge is 0.295 e. The minimum atomic E-state index is -0.785. The number of hydrogen-bond donors (Lipinski definition) is 1. The second kappa shape index (κ2) is 13.0. The SMILES string of the molecule is COc1ccc(C(O)=C2C(=O)C(=O)N(CCN3CCOCC3)C2c2ccc(OCCC(C)C)c(OC)c2)cc1. The van der Waals surface area contributed by atoms with Gasteiger partial charge >= 0.3 is 0 Å². The number of carbonyl (C=O) groups excluding carboxylic acids is 2. The van der Waals surface area contributed by atoms with Crippen molar-refractivity contribution in [2.45, 2.75) is 26.3 Å². The van der Waals surface area contributed by atoms with Crippen molar-refractivity contribution in [3.63, 3.8) is 0 Å². The topological polar surface area (TPSA) is 97.8 Å². The van der Waals surface area contributed by atoms with Crippen LogP contribution in [-0.4, -0.2) is 86.8 Å². The second-order valence-electron chi connectivity index (χ2n) is 10.1. The van der Waals surface area contributed by atoms with Crippen LogP contribution < -0.4 is 14.2 Å². The van der Waals surface area contributed by atoms with Crippen molar-refractivity contribution in [2.24, 2.45) is 5.92 Å². The first-order valence-electron chi connectivity index (χ1n) is 13.4. The van der Waals surface area contributed by atoms with Crippen LogP contribution in [0.2, 0.25) is 0 Å². The van der Waals surface area contributed by atoms with Gasteiger partial charge < -0.3 is 29.0 Å². The normalized spacial score (nSPS) is 19.5. The third-order valence-corrected chi connectivity index (χ3v) is 7.12. The van der Waals surface area contributed by atoms with Gasteiger partial charge in [-0.05, 0) is 54.3 Å². The third kappa shape index (κ3) is 6.54. The number of morpholine rings is 1. The zero-order valence-corrected chi connectivity index (χ0v) is 23.1. The van der Waals surface area contributed by atoms with Crippen LogP contribution in [0.1, 0.15) is 37.4 Å². The molecule has 0 radical (unpaired) electrons. The molecule has 2 aromatic carbocycles. The van der Waals surface area contributed by atoms with E-state index in [-0.39, 0.29) is 11.3 Å². The van der Waals surface area contributed by atoms with Crippen molar-refractivity contribution in [1.82, 2.24) is 9.80 Å². The lowest BCUT2D eigenvalue weighted by Gasteiger charge is -2.31. The zero-order chi connectivity index (χ0) is 27.9. The average Bonchev–Trinajstić information content (AvgIpc) is 3.21. The highest BCUT2D eigenvalue weighted by molar-refractivity contribution is 6.46. The van der Waals surface area contributed by atoms with Crippen molar-refractivity contribution in [3.8, 4) is 17.2 Å². The van der Waals surface area contributed by atoms with E-state index in [0.29, 0.717) is 67.2 Å². The first-order chi connectivity index (χ1) is 18.8. The number of nitrogens with zero attached hydrogens (tertiary/aromatic N) is 2. The van der Waals surface area contributed by atoms with E-state index in [9.17, 15) is 14.7 Å². The quantitative estimate of drug-likeness (QED) is 0.262. The molecule has 1 unspecified atom stereocenters. The zero-order valence-electron chi connectivity index (χ0n) is 23.1. The van der Waals surface area contributed by atoms with Gasteiger partial charge in [0.1, 0.15) is 11.5 Å². The van der Waals surface area contributed by atoms with Crippen LogP contribution >= 0.6 is 0 Å². The molecule has 4 rings (SSSR count). The molecule has 2 aromatic rings. The lowest BCUT2D eigenvalue weighted by molar-refractivity contribution is -0.140. The van der Waals surface area contributed by atoms with Crippen molar-refractivity contribution < 1.29 is 33.6 Å². The summed E-state index contributed by atoms with van der Waals surface area (Å²) in [6.45, 7) is 8.51. The number of aliphatic hydroxyl groups is 1. The molecule has 1 amide bonds. The lowest BCUT2D eigenvalue weighted by atomic mass is 9.95. The minimum absolute atomic E-state index is 0.0441. The Morgan fingerprint density at radius 2 is 1.72 bits per heavy atom. The predicted molar refractivity (Wildman–Crippen MR) is 147 cm³/mol. The maximum atomic E-state index is 13.4. The van der Waals surface area contributed by atoms with E-state index < -0.39 is 17.7 Å². The molecule has 210 valence electrons. The van der Waals surface area contributed by atoms with Gasteiger partial charge in [-0.2, -0.15) is 0 Å². The molecule has 0 saturated carbocycles. The van der Waals surface area contributed by atoms with Gasteiger partial charge in [0.25, 0.3) is 11.7 Å². The van der Waals surface area contributed by atoms with Crippen LogP contribution in [0.5, 0.6) is 17.2 Å². The summed E-state index contributed by atoms with van der Waals surface area (Å²) in [7, 11) is 3.11. The molecule has 2 saturated heterocycles. The van der Waals surface area contributed by atoms with Crippen LogP contribution in [0.25, 0.3) is 5.76 Å². The molecule has 39 heavy (non-hydrogen) atoms. The highest BCUT2D eigenvalue weighted by Gasteiger charge is 2.46. The van der Waals surface area contributed by atoms with E-state index in [0.717, 1.165) is 19.5 Å². The number of carbonyl (C=O) groups is 2. The molecule has 0 spiro atoms. The Balaban J connectivity index is 1.72. The number of Topliss-reactive ketones (excluding diaryl/α,β-unsaturated/α-hetero) is 1. The van der Waals surface area contributed by atoms with Gasteiger partial charge in [0.05, 0.1) is 45.7 Å². The van der Waals surface area contributed by atoms with Crippen LogP contribution in [0.15, 0.2) is 48.0 Å². The van der Waals surface area contributed by atoms with Gasteiger partial charge in [-0.3, -0.25) is 14.5 Å². The molecule has 2 fully saturated rings. The summed E-state index contributed by atoms with van der Waals surface area (Å²) < 4.78 is 22.2. The molecule has 0 bridgehead atoms. The minimum Gasteiger partial charge on any atom is -0.507 e. The first kappa shape index (κ1) is 28.4. The number of rotatable bonds is 11. The molecule has 2 heterocycles. The summed E-state index contributed by atoms with van der Waals surface area (Å²) in [5.41, 5.74) is 1.12. The van der Waals surface area contributed by atoms with E-state index >= 15 is 0 Å². The van der Waals surface area contributed by atoms with Gasteiger partial charge in [-0.15, -0.1) is 0 Å². The lowest BCUT2D eigenvalue weighted by Crippen LogP contribution is -2.42. The molecular weight excluding hydrogens is 500 g/mol. The Labute approximate surface area is 229 Å². The van der Waals surface area contributed by atoms with Gasteiger partial charge in [-0.25, -0.2) is 0 Å². The molecule has 2 aliphatic rings. The Morgan fingerprint density at radius 3 is 2.36 bits per heavy atom. The molecule has 1 N–H and O–H groups in total. The molecule has 0 aromatic heterocycles. The molecule has 9 heteroatoms. The van der Waals surface area contributed by atoms with E-state index in [2.05, 4.69) is 18.7 Å². The van der Waals surface area contributed by atoms with Gasteiger partial charge in [0.15, 0.2) is 11.5 Å². The molecular formula is C30H38N2O7. The van der Waals surface area contributed by atoms with Gasteiger partial charge in [0, 0.05) is 31.7 Å². The highest BCUT2D eigenvalue weighted by Crippen LogP contribution is 2.42. The van der Waals surface area contributed by atoms with E-state index in [1.165, 1.54) is 0 Å². The number of benzene rings is 2. The fourth-order valence-electron chi connectivity index (χ4n) is 4.81. The van der Waals surface area contributed by atoms with Crippen molar-refractivity contribution in [2.75, 3.05) is 60.2 Å². The van der Waals surface area contributed by atoms with Crippen LogP contribution in [0.3, 0.4) is 0 Å². The largest absolute Gasteiger partial charge is 0.507 e. The van der Waals surface area contributed by atoms with Crippen molar-refractivity contribution >= 4 is 17.4 Å². The maximum absolute atomic E-state index is 13.4. The van der Waals surface area contributed by atoms with Crippen molar-refractivity contribution in [3.05, 3.63) is 59.2 Å². The van der Waals surface area contributed by atoms with Crippen molar-refractivity contribution in [1.29, 1.82) is 0 Å². The average molecular weight is 539 g/mol. The van der Waals surface area contributed by atoms with E-state index in [4.69, 9.17) is 18.9 Å². The summed E-state index contributed by atoms with van der Waals surface area (Å²) in [4.78, 5) is 30.5. The number of methoxy groups -OCH3 is 2. The highest BCUT2D eigenvalue weighted by atomic mass is 16.5. The number of likely N-dealkylation sites (tertiary alicyclic amines) is 1. The number of hydrogen-bond acceptors (Lipinski definition) is 8. The number of aliphatic hydroxyl groups excluding tert-OH is 1. The summed E-state index contributed by atoms with van der Waals surface area (Å²) in [6, 6.07) is 11.3. The van der Waals surface area contributed by atoms with E-state index in [1.54, 1.807) is 55.5 Å². The summed E-state index contributed by atoms with van der Waals surface area (Å²) in [5, 5.41) is 11.3. The van der Waals surface area contributed by atoms with Gasteiger partial charge in [0.2, 0.25) is 0 Å². The summed E-state index contributed by atoms with van der Waals surface area (Å²) >= 11 is 0. The predicted octanol–water partition coefficient (Wildman–Crippen LogP) is 3.88. The number of ketones is 1. The number of amides is 1. The fraction of sp³-hybridized carbons (Fsp3) is 0.467. The first-order valence-corrected chi connectivity index (χ1v) is 13.4. The molecule has 0 aliphatic carbocycles. The van der Waals surface area contributed by atoms with Crippen LogP contribution in [0.4, 0.5) is 0 Å². The second-order valence-corrected chi connectivity index (χ2v) is 10.1. The van der Waals surface area contributed by atoms with E-state index in [1.807, 2.05) is 6.07 Å². The Bertz CT molecular complexity index is 1190. The molecule has 9 nitrogen and oxygen atoms in total. The Kier molecular flexibility index (Phi) is 9.48. The number of ether oxygens (including phenoxy) is 4. The third-order valence-electron chi connectivity index (χ3n) is 7.12. The Hall–Kier alpha value is -3.56. The summed E-state index contributed by atoms with van der Waals surface area (Å²) in [5.74, 6) is 0.616. The van der Waals surface area contributed by atoms with Crippen LogP contribution in [-0.2, 0) is 14.3 Å². The molecule has 1 atom stereocenters. The monoisotopic (exact) mass is 538 g/mol. The molecule has 2 aliphatic heterocycles. The summed E-state index contributed by atoms with van der Waals surface area (Å²) in [6.07, 6.45) is 0.897. The fourth-order valence-corrected chi connectivity index (χ4v) is 4.81. The maximum Gasteiger partial charge on any atom is 0.295 e. The van der Waals surface area contributed by atoms with Gasteiger partial charge in [-0.1, -0.05) is 19.9 Å². The Morgan fingerprint density at radius 1 is 1.00 bits per heavy atom.